The molecule has 2 rings (SSSR count). The highest BCUT2D eigenvalue weighted by Crippen LogP contribution is 2.52. The van der Waals surface area contributed by atoms with Crippen molar-refractivity contribution in [1.82, 2.24) is 5.32 Å². The number of amides is 2. The summed E-state index contributed by atoms with van der Waals surface area (Å²) in [7, 11) is 0. The van der Waals surface area contributed by atoms with Gasteiger partial charge in [0.05, 0.1) is 6.04 Å². The Hall–Kier alpha value is -0.900. The highest BCUT2D eigenvalue weighted by Gasteiger charge is 2.54. The first-order valence-electron chi connectivity index (χ1n) is 3.73. The van der Waals surface area contributed by atoms with Crippen molar-refractivity contribution in [3.8, 4) is 0 Å². The highest BCUT2D eigenvalue weighted by molar-refractivity contribution is 6.01. The quantitative estimate of drug-likeness (QED) is 0.446. The molecule has 4 nitrogen and oxygen atoms in total. The molecule has 1 saturated carbocycles. The fourth-order valence-electron chi connectivity index (χ4n) is 1.62. The van der Waals surface area contributed by atoms with Crippen LogP contribution in [0, 0.1) is 5.41 Å². The second kappa shape index (κ2) is 1.82. The van der Waals surface area contributed by atoms with Crippen molar-refractivity contribution in [2.24, 2.45) is 11.1 Å². The lowest BCUT2D eigenvalue weighted by Gasteiger charge is -2.26. The van der Waals surface area contributed by atoms with Gasteiger partial charge in [-0.1, -0.05) is 0 Å². The van der Waals surface area contributed by atoms with E-state index in [2.05, 4.69) is 5.32 Å². The largest absolute Gasteiger partial charge is 0.319 e. The van der Waals surface area contributed by atoms with Crippen molar-refractivity contribution >= 4 is 11.8 Å². The Labute approximate surface area is 64.1 Å². The maximum absolute atomic E-state index is 11.0. The molecule has 1 saturated heterocycles. The van der Waals surface area contributed by atoms with Crippen molar-refractivity contribution in [1.29, 1.82) is 0 Å². The summed E-state index contributed by atoms with van der Waals surface area (Å²) in [6.07, 6.45) is 2.28. The smallest absolute Gasteiger partial charge is 0.244 e. The molecule has 2 aliphatic rings. The normalized spacial score (nSPS) is 33.7. The predicted octanol–water partition coefficient (Wildman–Crippen LogP) is -0.860. The van der Waals surface area contributed by atoms with E-state index >= 15 is 0 Å². The van der Waals surface area contributed by atoms with Gasteiger partial charge in [0.2, 0.25) is 11.8 Å². The zero-order valence-electron chi connectivity index (χ0n) is 6.09. The topological polar surface area (TPSA) is 72.2 Å². The number of carbonyl (C=O) groups is 2. The number of nitrogens with one attached hydrogen (secondary N) is 1. The van der Waals surface area contributed by atoms with Crippen LogP contribution in [0.1, 0.15) is 19.3 Å². The Morgan fingerprint density at radius 3 is 2.64 bits per heavy atom. The minimum Gasteiger partial charge on any atom is -0.319 e. The third-order valence-corrected chi connectivity index (χ3v) is 2.61. The molecule has 1 aliphatic carbocycles. The van der Waals surface area contributed by atoms with Crippen molar-refractivity contribution in [2.75, 3.05) is 0 Å². The van der Waals surface area contributed by atoms with Crippen LogP contribution in [0.5, 0.6) is 0 Å². The molecule has 1 heterocycles. The van der Waals surface area contributed by atoms with Crippen molar-refractivity contribution in [2.45, 2.75) is 25.3 Å². The average Bonchev–Trinajstić information content (AvgIpc) is 2.65. The van der Waals surface area contributed by atoms with Gasteiger partial charge >= 0.3 is 0 Å². The summed E-state index contributed by atoms with van der Waals surface area (Å²) in [6.45, 7) is 0. The Kier molecular flexibility index (Phi) is 1.12. The highest BCUT2D eigenvalue weighted by atomic mass is 16.2. The van der Waals surface area contributed by atoms with Gasteiger partial charge in [-0.15, -0.1) is 0 Å². The molecule has 4 heteroatoms. The molecule has 0 bridgehead atoms. The van der Waals surface area contributed by atoms with Crippen LogP contribution in [0.3, 0.4) is 0 Å². The van der Waals surface area contributed by atoms with Crippen molar-refractivity contribution in [3.05, 3.63) is 0 Å². The molecule has 11 heavy (non-hydrogen) atoms. The molecule has 60 valence electrons. The second-order valence-electron chi connectivity index (χ2n) is 3.43. The van der Waals surface area contributed by atoms with E-state index in [1.165, 1.54) is 0 Å². The van der Waals surface area contributed by atoms with Crippen LogP contribution in [-0.2, 0) is 9.59 Å². The van der Waals surface area contributed by atoms with E-state index in [0.29, 0.717) is 6.42 Å². The maximum atomic E-state index is 11.0. The lowest BCUT2D eigenvalue weighted by molar-refractivity contribution is -0.136. The molecule has 0 aromatic heterocycles. The Balaban J connectivity index is 2.22. The summed E-state index contributed by atoms with van der Waals surface area (Å²) in [5, 5.41) is 2.22. The number of hydrogen-bond donors (Lipinski definition) is 2. The Morgan fingerprint density at radius 1 is 1.45 bits per heavy atom. The minimum atomic E-state index is -0.458. The molecule has 1 unspecified atom stereocenters. The number of imide groups is 1. The zero-order valence-corrected chi connectivity index (χ0v) is 6.09. The Bertz CT molecular complexity index is 233. The van der Waals surface area contributed by atoms with Crippen LogP contribution >= 0.6 is 0 Å². The molecule has 0 radical (unpaired) electrons. The first-order valence-corrected chi connectivity index (χ1v) is 3.73. The van der Waals surface area contributed by atoms with Gasteiger partial charge in [0, 0.05) is 11.8 Å². The van der Waals surface area contributed by atoms with Gasteiger partial charge in [-0.25, -0.2) is 0 Å². The predicted molar refractivity (Wildman–Crippen MR) is 37.4 cm³/mol. The summed E-state index contributed by atoms with van der Waals surface area (Å²) < 4.78 is 0. The molecule has 1 atom stereocenters. The second-order valence-corrected chi connectivity index (χ2v) is 3.43. The number of carbonyl (C=O) groups excluding carboxylic acids is 2. The Morgan fingerprint density at radius 2 is 2.09 bits per heavy atom. The first kappa shape index (κ1) is 6.79. The fourth-order valence-corrected chi connectivity index (χ4v) is 1.62. The average molecular weight is 154 g/mol. The van der Waals surface area contributed by atoms with Crippen molar-refractivity contribution in [3.63, 3.8) is 0 Å². The molecule has 1 spiro atoms. The van der Waals surface area contributed by atoms with Crippen LogP contribution in [0.25, 0.3) is 0 Å². The summed E-state index contributed by atoms with van der Waals surface area (Å²) in [5.41, 5.74) is 5.46. The number of piperidine rings is 1. The van der Waals surface area contributed by atoms with Crippen LogP contribution in [0.4, 0.5) is 0 Å². The molecular formula is C7H10N2O2. The van der Waals surface area contributed by atoms with E-state index in [1.807, 2.05) is 0 Å². The maximum Gasteiger partial charge on any atom is 0.244 e. The number of rotatable bonds is 0. The van der Waals surface area contributed by atoms with Gasteiger partial charge in [-0.3, -0.25) is 14.9 Å². The molecule has 0 aromatic carbocycles. The van der Waals surface area contributed by atoms with Crippen molar-refractivity contribution < 1.29 is 9.59 Å². The van der Waals surface area contributed by atoms with Crippen LogP contribution in [-0.4, -0.2) is 17.9 Å². The van der Waals surface area contributed by atoms with Gasteiger partial charge < -0.3 is 5.73 Å². The number of nitrogens with two attached hydrogens (primary N) is 1. The van der Waals surface area contributed by atoms with E-state index in [1.54, 1.807) is 0 Å². The van der Waals surface area contributed by atoms with E-state index in [0.717, 1.165) is 12.8 Å². The summed E-state index contributed by atoms with van der Waals surface area (Å²) in [6, 6.07) is -0.458. The molecule has 1 aliphatic heterocycles. The standard InChI is InChI=1S/C7H10N2O2/c8-5-6(11)9-4(10)3-7(5)1-2-7/h5H,1-3,8H2,(H,9,10,11). The lowest BCUT2D eigenvalue weighted by Crippen LogP contribution is -2.54. The van der Waals surface area contributed by atoms with E-state index in [9.17, 15) is 9.59 Å². The van der Waals surface area contributed by atoms with Crippen LogP contribution < -0.4 is 11.1 Å². The van der Waals surface area contributed by atoms with Crippen LogP contribution in [0.15, 0.2) is 0 Å². The van der Waals surface area contributed by atoms with Gasteiger partial charge in [-0.05, 0) is 12.8 Å². The molecule has 2 fully saturated rings. The van der Waals surface area contributed by atoms with E-state index in [-0.39, 0.29) is 17.2 Å². The summed E-state index contributed by atoms with van der Waals surface area (Å²) in [5.74, 6) is -0.479. The number of hydrogen-bond acceptors (Lipinski definition) is 3. The van der Waals surface area contributed by atoms with Crippen LogP contribution in [0.2, 0.25) is 0 Å². The molecule has 0 aromatic rings. The third-order valence-electron chi connectivity index (χ3n) is 2.61. The van der Waals surface area contributed by atoms with E-state index in [4.69, 9.17) is 5.73 Å². The van der Waals surface area contributed by atoms with Gasteiger partial charge in [-0.2, -0.15) is 0 Å². The van der Waals surface area contributed by atoms with E-state index < -0.39 is 6.04 Å². The van der Waals surface area contributed by atoms with Gasteiger partial charge in [0.25, 0.3) is 0 Å². The van der Waals surface area contributed by atoms with Gasteiger partial charge in [0.1, 0.15) is 0 Å². The molecular weight excluding hydrogens is 144 g/mol. The SMILES string of the molecule is NC1C(=O)NC(=O)CC12CC2. The third kappa shape index (κ3) is 0.860. The monoisotopic (exact) mass is 154 g/mol. The lowest BCUT2D eigenvalue weighted by atomic mass is 9.89. The van der Waals surface area contributed by atoms with Gasteiger partial charge in [0.15, 0.2) is 0 Å². The fraction of sp³-hybridized carbons (Fsp3) is 0.714. The first-order chi connectivity index (χ1) is 5.14. The molecule has 2 amide bonds. The summed E-state index contributed by atoms with van der Waals surface area (Å²) >= 11 is 0. The summed E-state index contributed by atoms with van der Waals surface area (Å²) in [4.78, 5) is 21.9. The molecule has 3 N–H and O–H groups in total. The minimum absolute atomic E-state index is 0.153. The zero-order chi connectivity index (χ0) is 8.06.